The van der Waals surface area contributed by atoms with Gasteiger partial charge in [0.25, 0.3) is 0 Å². The lowest BCUT2D eigenvalue weighted by Crippen LogP contribution is -2.14. The van der Waals surface area contributed by atoms with E-state index in [9.17, 15) is 4.79 Å². The molecule has 0 radical (unpaired) electrons. The fraction of sp³-hybridized carbons (Fsp3) is 0.278. The third-order valence-corrected chi connectivity index (χ3v) is 4.24. The number of fused-ring (bicyclic) bond motifs is 2. The van der Waals surface area contributed by atoms with Gasteiger partial charge in [0.1, 0.15) is 0 Å². The predicted molar refractivity (Wildman–Crippen MR) is 96.1 cm³/mol. The zero-order chi connectivity index (χ0) is 15.0. The Hall–Kier alpha value is -1.84. The van der Waals surface area contributed by atoms with E-state index in [1.54, 1.807) is 0 Å². The molecule has 0 aliphatic rings. The van der Waals surface area contributed by atoms with Crippen molar-refractivity contribution < 1.29 is 0 Å². The zero-order valence-electron chi connectivity index (χ0n) is 12.9. The van der Waals surface area contributed by atoms with E-state index in [0.717, 1.165) is 34.8 Å². The fourth-order valence-corrected chi connectivity index (χ4v) is 2.98. The Morgan fingerprint density at radius 3 is 2.50 bits per heavy atom. The molecule has 22 heavy (non-hydrogen) atoms. The molecular formula is C18H21ClN2O. The lowest BCUT2D eigenvalue weighted by molar-refractivity contribution is 0.683. The van der Waals surface area contributed by atoms with Crippen LogP contribution >= 0.6 is 12.4 Å². The Bertz CT molecular complexity index is 884. The molecule has 2 aromatic carbocycles. The lowest BCUT2D eigenvalue weighted by atomic mass is 10.0. The second kappa shape index (κ2) is 6.51. The third-order valence-electron chi connectivity index (χ3n) is 4.24. The number of rotatable bonds is 3. The first-order valence-corrected chi connectivity index (χ1v) is 7.36. The van der Waals surface area contributed by atoms with E-state index in [-0.39, 0.29) is 17.8 Å². The van der Waals surface area contributed by atoms with Crippen LogP contribution in [0.3, 0.4) is 0 Å². The van der Waals surface area contributed by atoms with Gasteiger partial charge in [-0.05, 0) is 56.1 Å². The van der Waals surface area contributed by atoms with Crippen molar-refractivity contribution >= 4 is 34.2 Å². The van der Waals surface area contributed by atoms with E-state index in [1.165, 1.54) is 11.1 Å². The molecular weight excluding hydrogens is 296 g/mol. The van der Waals surface area contributed by atoms with Crippen LogP contribution in [0.1, 0.15) is 17.5 Å². The third kappa shape index (κ3) is 2.51. The molecule has 116 valence electrons. The Kier molecular flexibility index (Phi) is 4.89. The molecule has 3 aromatic rings. The number of nitrogens with two attached hydrogens (primary N) is 1. The molecule has 0 atom stereocenters. The standard InChI is InChI=1S/C18H20N2O.ClH/c1-12-8-9-15-17(13(12)2)20(11-5-10-19)16-7-4-3-6-14(16)18(15)21;/h3-4,6-9H,5,10-11,19H2,1-2H3;1H. The van der Waals surface area contributed by atoms with Crippen molar-refractivity contribution in [2.45, 2.75) is 26.8 Å². The second-order valence-electron chi connectivity index (χ2n) is 5.54. The van der Waals surface area contributed by atoms with Crippen molar-refractivity contribution in [1.82, 2.24) is 4.57 Å². The summed E-state index contributed by atoms with van der Waals surface area (Å²) in [5.74, 6) is 0. The predicted octanol–water partition coefficient (Wildman–Crippen LogP) is 3.54. The van der Waals surface area contributed by atoms with Gasteiger partial charge in [-0.3, -0.25) is 4.79 Å². The van der Waals surface area contributed by atoms with Crippen LogP contribution in [0.4, 0.5) is 0 Å². The molecule has 1 aromatic heterocycles. The number of hydrogen-bond donors (Lipinski definition) is 1. The first-order chi connectivity index (χ1) is 10.1. The summed E-state index contributed by atoms with van der Waals surface area (Å²) in [6, 6.07) is 11.8. The minimum absolute atomic E-state index is 0. The number of benzene rings is 2. The van der Waals surface area contributed by atoms with Crippen LogP contribution < -0.4 is 11.2 Å². The van der Waals surface area contributed by atoms with E-state index in [0.29, 0.717) is 6.54 Å². The quantitative estimate of drug-likeness (QED) is 0.751. The van der Waals surface area contributed by atoms with Crippen LogP contribution in [-0.2, 0) is 6.54 Å². The minimum atomic E-state index is 0. The number of para-hydroxylation sites is 1. The largest absolute Gasteiger partial charge is 0.340 e. The summed E-state index contributed by atoms with van der Waals surface area (Å²) < 4.78 is 2.25. The van der Waals surface area contributed by atoms with Crippen LogP contribution in [0.2, 0.25) is 0 Å². The normalized spacial score (nSPS) is 10.9. The number of aryl methyl sites for hydroxylation is 3. The van der Waals surface area contributed by atoms with E-state index < -0.39 is 0 Å². The van der Waals surface area contributed by atoms with Crippen molar-refractivity contribution in [3.63, 3.8) is 0 Å². The van der Waals surface area contributed by atoms with Gasteiger partial charge in [-0.15, -0.1) is 12.4 Å². The molecule has 1 heterocycles. The van der Waals surface area contributed by atoms with Gasteiger partial charge < -0.3 is 10.3 Å². The maximum Gasteiger partial charge on any atom is 0.197 e. The Morgan fingerprint density at radius 1 is 1.05 bits per heavy atom. The molecule has 0 spiro atoms. The van der Waals surface area contributed by atoms with Gasteiger partial charge in [0, 0.05) is 17.3 Å². The number of nitrogens with zero attached hydrogens (tertiary/aromatic N) is 1. The maximum atomic E-state index is 12.7. The van der Waals surface area contributed by atoms with E-state index >= 15 is 0 Å². The van der Waals surface area contributed by atoms with Crippen molar-refractivity contribution in [3.05, 3.63) is 57.7 Å². The number of halogens is 1. The van der Waals surface area contributed by atoms with E-state index in [4.69, 9.17) is 5.73 Å². The first kappa shape index (κ1) is 16.5. The van der Waals surface area contributed by atoms with Gasteiger partial charge in [-0.2, -0.15) is 0 Å². The summed E-state index contributed by atoms with van der Waals surface area (Å²) in [6.45, 7) is 5.65. The van der Waals surface area contributed by atoms with Crippen LogP contribution in [0.25, 0.3) is 21.8 Å². The van der Waals surface area contributed by atoms with Gasteiger partial charge >= 0.3 is 0 Å². The monoisotopic (exact) mass is 316 g/mol. The van der Waals surface area contributed by atoms with E-state index in [1.807, 2.05) is 36.4 Å². The topological polar surface area (TPSA) is 48.0 Å². The molecule has 0 fully saturated rings. The molecule has 3 rings (SSSR count). The maximum absolute atomic E-state index is 12.7. The highest BCUT2D eigenvalue weighted by atomic mass is 35.5. The summed E-state index contributed by atoms with van der Waals surface area (Å²) in [5.41, 5.74) is 10.2. The van der Waals surface area contributed by atoms with Gasteiger partial charge in [0.05, 0.1) is 11.0 Å². The summed E-state index contributed by atoms with van der Waals surface area (Å²) >= 11 is 0. The van der Waals surface area contributed by atoms with Gasteiger partial charge in [-0.1, -0.05) is 18.2 Å². The highest BCUT2D eigenvalue weighted by Gasteiger charge is 2.12. The van der Waals surface area contributed by atoms with Crippen LogP contribution in [0.15, 0.2) is 41.2 Å². The summed E-state index contributed by atoms with van der Waals surface area (Å²) in [5, 5.41) is 1.58. The Balaban J connectivity index is 0.00000176. The smallest absolute Gasteiger partial charge is 0.197 e. The summed E-state index contributed by atoms with van der Waals surface area (Å²) in [6.07, 6.45) is 0.898. The van der Waals surface area contributed by atoms with Gasteiger partial charge in [0.15, 0.2) is 5.43 Å². The van der Waals surface area contributed by atoms with E-state index in [2.05, 4.69) is 18.4 Å². The van der Waals surface area contributed by atoms with Crippen molar-refractivity contribution in [2.24, 2.45) is 5.73 Å². The average Bonchev–Trinajstić information content (AvgIpc) is 2.51. The zero-order valence-corrected chi connectivity index (χ0v) is 13.7. The Labute approximate surface area is 136 Å². The van der Waals surface area contributed by atoms with Gasteiger partial charge in [0.2, 0.25) is 0 Å². The molecule has 0 aliphatic heterocycles. The number of aromatic nitrogens is 1. The molecule has 0 saturated heterocycles. The molecule has 0 bridgehead atoms. The highest BCUT2D eigenvalue weighted by molar-refractivity contribution is 5.95. The summed E-state index contributed by atoms with van der Waals surface area (Å²) in [4.78, 5) is 12.7. The molecule has 3 nitrogen and oxygen atoms in total. The first-order valence-electron chi connectivity index (χ1n) is 7.36. The van der Waals surface area contributed by atoms with Crippen molar-refractivity contribution in [1.29, 1.82) is 0 Å². The average molecular weight is 317 g/mol. The van der Waals surface area contributed by atoms with Gasteiger partial charge in [-0.25, -0.2) is 0 Å². The highest BCUT2D eigenvalue weighted by Crippen LogP contribution is 2.24. The summed E-state index contributed by atoms with van der Waals surface area (Å²) in [7, 11) is 0. The lowest BCUT2D eigenvalue weighted by Gasteiger charge is -2.17. The molecule has 0 unspecified atom stereocenters. The fourth-order valence-electron chi connectivity index (χ4n) is 2.98. The van der Waals surface area contributed by atoms with Crippen LogP contribution in [0, 0.1) is 13.8 Å². The number of hydrogen-bond acceptors (Lipinski definition) is 2. The molecule has 0 amide bonds. The number of pyridine rings is 1. The Morgan fingerprint density at radius 2 is 1.77 bits per heavy atom. The minimum Gasteiger partial charge on any atom is -0.340 e. The molecule has 2 N–H and O–H groups in total. The molecule has 4 heteroatoms. The van der Waals surface area contributed by atoms with Crippen LogP contribution in [-0.4, -0.2) is 11.1 Å². The van der Waals surface area contributed by atoms with Crippen molar-refractivity contribution in [3.8, 4) is 0 Å². The van der Waals surface area contributed by atoms with Crippen molar-refractivity contribution in [2.75, 3.05) is 6.54 Å². The van der Waals surface area contributed by atoms with Crippen LogP contribution in [0.5, 0.6) is 0 Å². The SMILES string of the molecule is Cc1ccc2c(=O)c3ccccc3n(CCCN)c2c1C.Cl. The second-order valence-corrected chi connectivity index (χ2v) is 5.54. The molecule has 0 saturated carbocycles. The molecule has 0 aliphatic carbocycles.